The summed E-state index contributed by atoms with van der Waals surface area (Å²) in [6, 6.07) is 0. The largest absolute Gasteiger partial charge is 0.460 e. The molecule has 2 bridgehead atoms. The number of carbonyl (C=O) groups is 3. The van der Waals surface area contributed by atoms with Crippen LogP contribution in [0.1, 0.15) is 67.2 Å². The van der Waals surface area contributed by atoms with Crippen LogP contribution in [0.25, 0.3) is 0 Å². The van der Waals surface area contributed by atoms with Gasteiger partial charge in [0.1, 0.15) is 5.60 Å². The maximum absolute atomic E-state index is 12.6. The van der Waals surface area contributed by atoms with Crippen molar-refractivity contribution in [2.75, 3.05) is 0 Å². The topological polar surface area (TPSA) is 69.7 Å². The fourth-order valence-electron chi connectivity index (χ4n) is 5.48. The van der Waals surface area contributed by atoms with Crippen LogP contribution >= 0.6 is 0 Å². The molecule has 6 unspecified atom stereocenters. The predicted octanol–water partition coefficient (Wildman–Crippen LogP) is 3.74. The summed E-state index contributed by atoms with van der Waals surface area (Å²) < 4.78 is 10.6. The van der Waals surface area contributed by atoms with Gasteiger partial charge in [-0.1, -0.05) is 6.92 Å². The highest BCUT2D eigenvalue weighted by molar-refractivity contribution is 5.97. The average Bonchev–Trinajstić information content (AvgIpc) is 3.13. The van der Waals surface area contributed by atoms with Crippen LogP contribution in [0.4, 0.5) is 0 Å². The molecule has 0 radical (unpaired) electrons. The summed E-state index contributed by atoms with van der Waals surface area (Å²) in [5, 5.41) is 0. The summed E-state index contributed by atoms with van der Waals surface area (Å²) in [5.41, 5.74) is -1.43. The molecule has 6 atom stereocenters. The van der Waals surface area contributed by atoms with Crippen molar-refractivity contribution in [3.63, 3.8) is 0 Å². The summed E-state index contributed by atoms with van der Waals surface area (Å²) in [6.07, 6.45) is 3.82. The van der Waals surface area contributed by atoms with Crippen molar-refractivity contribution in [1.29, 1.82) is 0 Å². The van der Waals surface area contributed by atoms with Crippen molar-refractivity contribution in [3.8, 4) is 0 Å². The number of cyclic esters (lactones) is 2. The maximum Gasteiger partial charge on any atom is 0.317 e. The number of fused-ring (bicyclic) bond motifs is 2. The lowest BCUT2D eigenvalue weighted by molar-refractivity contribution is -0.167. The molecule has 1 aliphatic heterocycles. The second-order valence-electron chi connectivity index (χ2n) is 10.2. The Morgan fingerprint density at radius 3 is 2.23 bits per heavy atom. The number of rotatable bonds is 4. The van der Waals surface area contributed by atoms with Crippen molar-refractivity contribution in [2.24, 2.45) is 40.9 Å². The molecule has 5 heteroatoms. The van der Waals surface area contributed by atoms with E-state index >= 15 is 0 Å². The van der Waals surface area contributed by atoms with Gasteiger partial charge in [-0.2, -0.15) is 0 Å². The molecule has 2 aliphatic carbocycles. The first kappa shape index (κ1) is 19.4. The van der Waals surface area contributed by atoms with E-state index < -0.39 is 28.8 Å². The van der Waals surface area contributed by atoms with Gasteiger partial charge < -0.3 is 9.47 Å². The van der Waals surface area contributed by atoms with E-state index in [1.807, 2.05) is 20.8 Å². The Bertz CT molecular complexity index is 612. The van der Waals surface area contributed by atoms with E-state index in [4.69, 9.17) is 9.47 Å². The van der Waals surface area contributed by atoms with E-state index in [-0.39, 0.29) is 24.3 Å². The molecule has 0 amide bonds. The first-order valence-electron chi connectivity index (χ1n) is 9.90. The van der Waals surface area contributed by atoms with Gasteiger partial charge in [-0.3, -0.25) is 14.4 Å². The van der Waals surface area contributed by atoms with Gasteiger partial charge in [0, 0.05) is 0 Å². The van der Waals surface area contributed by atoms with E-state index in [0.29, 0.717) is 17.8 Å². The molecule has 0 aromatic heterocycles. The Balaban J connectivity index is 1.79. The van der Waals surface area contributed by atoms with Gasteiger partial charge in [-0.25, -0.2) is 0 Å². The van der Waals surface area contributed by atoms with Crippen molar-refractivity contribution in [1.82, 2.24) is 0 Å². The van der Waals surface area contributed by atoms with E-state index in [0.717, 1.165) is 12.8 Å². The third-order valence-corrected chi connectivity index (χ3v) is 6.71. The summed E-state index contributed by atoms with van der Waals surface area (Å²) in [4.78, 5) is 37.6. The maximum atomic E-state index is 12.6. The van der Waals surface area contributed by atoms with Gasteiger partial charge >= 0.3 is 17.9 Å². The standard InChI is InChI=1S/C21H32O5/c1-11-12-7-8-13(9-12)15(11)16-14(17(22)25-18(16)23)10-21(5,6)19(24)26-20(2,3)4/h11-16H,7-10H2,1-6H3. The molecule has 0 N–H and O–H groups in total. The van der Waals surface area contributed by atoms with Crippen LogP contribution in [-0.4, -0.2) is 23.5 Å². The Labute approximate surface area is 156 Å². The minimum absolute atomic E-state index is 0.201. The molecule has 0 aromatic rings. The molecular weight excluding hydrogens is 332 g/mol. The van der Waals surface area contributed by atoms with Crippen LogP contribution in [0.5, 0.6) is 0 Å². The minimum Gasteiger partial charge on any atom is -0.460 e. The molecule has 146 valence electrons. The molecule has 3 fully saturated rings. The van der Waals surface area contributed by atoms with E-state index in [1.54, 1.807) is 13.8 Å². The van der Waals surface area contributed by atoms with Crippen LogP contribution < -0.4 is 0 Å². The molecule has 26 heavy (non-hydrogen) atoms. The van der Waals surface area contributed by atoms with Crippen molar-refractivity contribution in [3.05, 3.63) is 0 Å². The summed E-state index contributed by atoms with van der Waals surface area (Å²) in [5.74, 6) is -0.339. The Kier molecular flexibility index (Phi) is 4.73. The Hall–Kier alpha value is -1.39. The highest BCUT2D eigenvalue weighted by Crippen LogP contribution is 2.57. The molecule has 0 aromatic carbocycles. The highest BCUT2D eigenvalue weighted by Gasteiger charge is 2.58. The molecule has 5 nitrogen and oxygen atoms in total. The van der Waals surface area contributed by atoms with Crippen molar-refractivity contribution < 1.29 is 23.9 Å². The molecule has 3 aliphatic rings. The molecule has 1 saturated heterocycles. The Morgan fingerprint density at radius 2 is 1.69 bits per heavy atom. The monoisotopic (exact) mass is 364 g/mol. The van der Waals surface area contributed by atoms with E-state index in [1.165, 1.54) is 6.42 Å². The smallest absolute Gasteiger partial charge is 0.317 e. The van der Waals surface area contributed by atoms with Crippen molar-refractivity contribution >= 4 is 17.9 Å². The molecule has 1 heterocycles. The van der Waals surface area contributed by atoms with Gasteiger partial charge in [0.2, 0.25) is 0 Å². The summed E-state index contributed by atoms with van der Waals surface area (Å²) in [7, 11) is 0. The van der Waals surface area contributed by atoms with Gasteiger partial charge in [0.05, 0.1) is 17.3 Å². The first-order chi connectivity index (χ1) is 11.9. The summed E-state index contributed by atoms with van der Waals surface area (Å²) in [6.45, 7) is 11.3. The lowest BCUT2D eigenvalue weighted by Crippen LogP contribution is -2.40. The van der Waals surface area contributed by atoms with Crippen LogP contribution in [0.3, 0.4) is 0 Å². The molecule has 3 rings (SSSR count). The van der Waals surface area contributed by atoms with Gasteiger partial charge in [-0.15, -0.1) is 0 Å². The van der Waals surface area contributed by atoms with Gasteiger partial charge in [0.15, 0.2) is 0 Å². The number of hydrogen-bond acceptors (Lipinski definition) is 5. The number of carbonyl (C=O) groups excluding carboxylic acids is 3. The zero-order valence-electron chi connectivity index (χ0n) is 16.8. The van der Waals surface area contributed by atoms with Crippen LogP contribution in [0, 0.1) is 40.9 Å². The third kappa shape index (κ3) is 3.41. The minimum atomic E-state index is -0.847. The predicted molar refractivity (Wildman–Crippen MR) is 95.8 cm³/mol. The third-order valence-electron chi connectivity index (χ3n) is 6.71. The fourth-order valence-corrected chi connectivity index (χ4v) is 5.48. The highest BCUT2D eigenvalue weighted by atomic mass is 16.6. The summed E-state index contributed by atoms with van der Waals surface area (Å²) >= 11 is 0. The van der Waals surface area contributed by atoms with Gasteiger partial charge in [-0.05, 0) is 84.0 Å². The average molecular weight is 364 g/mol. The van der Waals surface area contributed by atoms with Crippen LogP contribution in [0.15, 0.2) is 0 Å². The number of hydrogen-bond donors (Lipinski definition) is 0. The van der Waals surface area contributed by atoms with E-state index in [2.05, 4.69) is 6.92 Å². The normalized spacial score (nSPS) is 37.2. The zero-order valence-corrected chi connectivity index (χ0v) is 16.8. The zero-order chi connectivity index (χ0) is 19.4. The Morgan fingerprint density at radius 1 is 1.08 bits per heavy atom. The van der Waals surface area contributed by atoms with Gasteiger partial charge in [0.25, 0.3) is 0 Å². The molecule has 0 spiro atoms. The van der Waals surface area contributed by atoms with Crippen LogP contribution in [-0.2, 0) is 23.9 Å². The molecule has 2 saturated carbocycles. The second kappa shape index (κ2) is 6.35. The SMILES string of the molecule is CC1C2CCC(C2)C1C1C(=O)OC(=O)C1CC(C)(C)C(=O)OC(C)(C)C. The van der Waals surface area contributed by atoms with E-state index in [9.17, 15) is 14.4 Å². The quantitative estimate of drug-likeness (QED) is 0.561. The first-order valence-corrected chi connectivity index (χ1v) is 9.90. The van der Waals surface area contributed by atoms with Crippen LogP contribution in [0.2, 0.25) is 0 Å². The number of ether oxygens (including phenoxy) is 2. The number of esters is 3. The second-order valence-corrected chi connectivity index (χ2v) is 10.2. The molecular formula is C21H32O5. The lowest BCUT2D eigenvalue weighted by atomic mass is 9.66. The fraction of sp³-hybridized carbons (Fsp3) is 0.857. The lowest BCUT2D eigenvalue weighted by Gasteiger charge is -2.35. The van der Waals surface area contributed by atoms with Crippen molar-refractivity contribution in [2.45, 2.75) is 72.8 Å².